The fraction of sp³-hybridized carbons (Fsp3) is 0.455. The summed E-state index contributed by atoms with van der Waals surface area (Å²) in [4.78, 5) is 0. The zero-order valence-electron chi connectivity index (χ0n) is 8.67. The number of aryl methyl sites for hydroxylation is 1. The lowest BCUT2D eigenvalue weighted by atomic mass is 10.2. The van der Waals surface area contributed by atoms with Crippen molar-refractivity contribution in [3.8, 4) is 0 Å². The van der Waals surface area contributed by atoms with Gasteiger partial charge in [-0.1, -0.05) is 57.5 Å². The molecule has 0 aliphatic heterocycles. The molecule has 0 nitrogen and oxygen atoms in total. The van der Waals surface area contributed by atoms with Crippen LogP contribution in [0.2, 0.25) is 0 Å². The van der Waals surface area contributed by atoms with Crippen molar-refractivity contribution in [1.29, 1.82) is 0 Å². The normalized spacial score (nSPS) is 10.0. The maximum Gasteiger partial charge on any atom is 0.0261 e. The molecule has 0 bridgehead atoms. The molecule has 0 N–H and O–H groups in total. The maximum atomic E-state index is 6.58. The van der Waals surface area contributed by atoms with Gasteiger partial charge < -0.3 is 0 Å². The van der Waals surface area contributed by atoms with Gasteiger partial charge in [-0.05, 0) is 12.0 Å². The topological polar surface area (TPSA) is 0 Å². The van der Waals surface area contributed by atoms with Gasteiger partial charge in [-0.25, -0.2) is 0 Å². The first-order chi connectivity index (χ1) is 5.66. The predicted molar refractivity (Wildman–Crippen MR) is 51.8 cm³/mol. The summed E-state index contributed by atoms with van der Waals surface area (Å²) in [6.07, 6.45) is 1.22. The van der Waals surface area contributed by atoms with Crippen LogP contribution in [-0.4, -0.2) is 0 Å². The minimum atomic E-state index is 0.0833. The Hall–Kier alpha value is -0.780. The van der Waals surface area contributed by atoms with E-state index in [4.69, 9.17) is 1.37 Å². The van der Waals surface area contributed by atoms with Gasteiger partial charge in [0.15, 0.2) is 0 Å². The summed E-state index contributed by atoms with van der Waals surface area (Å²) in [5.74, 6) is 0. The standard InChI is InChI=1S/C8H10.C3H8/c1-2-8-6-4-3-5-7-8;1-3-2/h3-7H,2H2,1H3;3H2,1-2H3/i;3D. The van der Waals surface area contributed by atoms with E-state index < -0.39 is 0 Å². The van der Waals surface area contributed by atoms with Crippen LogP contribution in [0.15, 0.2) is 30.3 Å². The monoisotopic (exact) mass is 151 g/mol. The fourth-order valence-electron chi connectivity index (χ4n) is 0.714. The molecular weight excluding hydrogens is 132 g/mol. The van der Waals surface area contributed by atoms with Gasteiger partial charge in [0.2, 0.25) is 0 Å². The SMILES string of the molecule is CCc1ccccc1.[2H]C(C)C. The molecule has 62 valence electrons. The minimum Gasteiger partial charge on any atom is -0.0656 e. The highest BCUT2D eigenvalue weighted by molar-refractivity contribution is 5.13. The summed E-state index contributed by atoms with van der Waals surface area (Å²) in [5, 5.41) is 0. The van der Waals surface area contributed by atoms with E-state index >= 15 is 0 Å². The van der Waals surface area contributed by atoms with E-state index in [0.717, 1.165) is 6.42 Å². The second kappa shape index (κ2) is 7.33. The number of rotatable bonds is 1. The van der Waals surface area contributed by atoms with E-state index in [1.807, 2.05) is 19.9 Å². The molecule has 0 heteroatoms. The molecule has 0 amide bonds. The van der Waals surface area contributed by atoms with E-state index in [-0.39, 0.29) is 6.40 Å². The van der Waals surface area contributed by atoms with Crippen LogP contribution in [0.5, 0.6) is 0 Å². The summed E-state index contributed by atoms with van der Waals surface area (Å²) in [5.41, 5.74) is 1.41. The Morgan fingerprint density at radius 3 is 1.82 bits per heavy atom. The van der Waals surface area contributed by atoms with Crippen LogP contribution in [0.25, 0.3) is 0 Å². The average Bonchev–Trinajstić information content (AvgIpc) is 2.05. The van der Waals surface area contributed by atoms with Crippen molar-refractivity contribution in [3.05, 3.63) is 35.9 Å². The van der Waals surface area contributed by atoms with Crippen LogP contribution < -0.4 is 0 Å². The van der Waals surface area contributed by atoms with E-state index in [1.165, 1.54) is 5.56 Å². The van der Waals surface area contributed by atoms with Crippen molar-refractivity contribution in [1.82, 2.24) is 0 Å². The third kappa shape index (κ3) is 5.65. The lowest BCUT2D eigenvalue weighted by molar-refractivity contribution is 1.09. The molecule has 0 radical (unpaired) electrons. The average molecular weight is 151 g/mol. The van der Waals surface area contributed by atoms with Gasteiger partial charge in [-0.2, -0.15) is 0 Å². The Kier molecular flexibility index (Phi) is 5.54. The Morgan fingerprint density at radius 2 is 1.55 bits per heavy atom. The van der Waals surface area contributed by atoms with Crippen molar-refractivity contribution in [2.45, 2.75) is 33.6 Å². The summed E-state index contributed by atoms with van der Waals surface area (Å²) in [7, 11) is 0. The van der Waals surface area contributed by atoms with Crippen LogP contribution >= 0.6 is 0 Å². The molecule has 0 spiro atoms. The molecular formula is C11H18. The van der Waals surface area contributed by atoms with Crippen molar-refractivity contribution in [3.63, 3.8) is 0 Å². The molecule has 1 aromatic carbocycles. The third-order valence-corrected chi connectivity index (χ3v) is 1.25. The zero-order chi connectivity index (χ0) is 9.40. The van der Waals surface area contributed by atoms with Gasteiger partial charge in [0.05, 0.1) is 0 Å². The van der Waals surface area contributed by atoms with Gasteiger partial charge in [0.25, 0.3) is 0 Å². The van der Waals surface area contributed by atoms with Gasteiger partial charge in [-0.3, -0.25) is 0 Å². The highest BCUT2D eigenvalue weighted by Crippen LogP contribution is 1.96. The highest BCUT2D eigenvalue weighted by Gasteiger charge is 1.79. The molecule has 0 heterocycles. The zero-order valence-corrected chi connectivity index (χ0v) is 7.67. The van der Waals surface area contributed by atoms with E-state index in [1.54, 1.807) is 0 Å². The molecule has 0 aliphatic carbocycles. The number of hydrogen-bond donors (Lipinski definition) is 0. The summed E-state index contributed by atoms with van der Waals surface area (Å²) in [6, 6.07) is 10.5. The van der Waals surface area contributed by atoms with Gasteiger partial charge in [0.1, 0.15) is 0 Å². The van der Waals surface area contributed by atoms with E-state index in [2.05, 4.69) is 31.2 Å². The fourth-order valence-corrected chi connectivity index (χ4v) is 0.714. The second-order valence-electron chi connectivity index (χ2n) is 2.42. The van der Waals surface area contributed by atoms with Crippen molar-refractivity contribution in [2.24, 2.45) is 0 Å². The summed E-state index contributed by atoms with van der Waals surface area (Å²) in [6.45, 7) is 5.83. The smallest absolute Gasteiger partial charge is 0.0261 e. The van der Waals surface area contributed by atoms with Gasteiger partial charge in [-0.15, -0.1) is 0 Å². The second-order valence-corrected chi connectivity index (χ2v) is 2.42. The third-order valence-electron chi connectivity index (χ3n) is 1.25. The van der Waals surface area contributed by atoms with Crippen LogP contribution in [0.1, 0.15) is 34.1 Å². The molecule has 0 saturated heterocycles. The van der Waals surface area contributed by atoms with E-state index in [0.29, 0.717) is 0 Å². The lowest BCUT2D eigenvalue weighted by Crippen LogP contribution is -1.73. The Balaban J connectivity index is 0.000000261. The van der Waals surface area contributed by atoms with Gasteiger partial charge >= 0.3 is 0 Å². The Bertz CT molecular complexity index is 177. The van der Waals surface area contributed by atoms with Crippen LogP contribution in [0, 0.1) is 0 Å². The van der Waals surface area contributed by atoms with Crippen molar-refractivity contribution >= 4 is 0 Å². The molecule has 1 aromatic rings. The molecule has 0 atom stereocenters. The largest absolute Gasteiger partial charge is 0.0656 e. The summed E-state index contributed by atoms with van der Waals surface area (Å²) >= 11 is 0. The van der Waals surface area contributed by atoms with Crippen molar-refractivity contribution in [2.75, 3.05) is 0 Å². The summed E-state index contributed by atoms with van der Waals surface area (Å²) < 4.78 is 6.58. The Morgan fingerprint density at radius 1 is 1.09 bits per heavy atom. The van der Waals surface area contributed by atoms with Crippen LogP contribution in [-0.2, 0) is 6.42 Å². The molecule has 0 fully saturated rings. The highest BCUT2D eigenvalue weighted by atomic mass is 13.9. The molecule has 1 rings (SSSR count). The molecule has 0 aliphatic rings. The predicted octanol–water partition coefficient (Wildman–Crippen LogP) is 3.67. The minimum absolute atomic E-state index is 0.0833. The number of hydrogen-bond acceptors (Lipinski definition) is 0. The first-order valence-corrected chi connectivity index (χ1v) is 4.13. The van der Waals surface area contributed by atoms with Gasteiger partial charge in [0, 0.05) is 1.37 Å². The quantitative estimate of drug-likeness (QED) is 0.574. The molecule has 0 unspecified atom stereocenters. The lowest BCUT2D eigenvalue weighted by Gasteiger charge is -1.89. The molecule has 0 aromatic heterocycles. The number of benzene rings is 1. The van der Waals surface area contributed by atoms with E-state index in [9.17, 15) is 0 Å². The molecule has 0 saturated carbocycles. The van der Waals surface area contributed by atoms with Crippen LogP contribution in [0.4, 0.5) is 0 Å². The molecule has 11 heavy (non-hydrogen) atoms. The maximum absolute atomic E-state index is 6.58. The van der Waals surface area contributed by atoms with Crippen LogP contribution in [0.3, 0.4) is 0 Å². The first-order valence-electron chi connectivity index (χ1n) is 4.70. The Labute approximate surface area is 71.7 Å². The first kappa shape index (κ1) is 8.32. The van der Waals surface area contributed by atoms with Crippen molar-refractivity contribution < 1.29 is 1.37 Å².